The number of carbonyl (C=O) groups is 1. The van der Waals surface area contributed by atoms with Gasteiger partial charge in [0.1, 0.15) is 29.1 Å². The van der Waals surface area contributed by atoms with Crippen LogP contribution in [0.2, 0.25) is 0 Å². The van der Waals surface area contributed by atoms with Gasteiger partial charge in [-0.3, -0.25) is 9.79 Å². The molecule has 1 unspecified atom stereocenters. The predicted molar refractivity (Wildman–Crippen MR) is 71.2 cm³/mol. The number of hydrogen-bond donors (Lipinski definition) is 1. The monoisotopic (exact) mass is 291 g/mol. The number of anilines is 1. The van der Waals surface area contributed by atoms with Crippen LogP contribution in [0, 0.1) is 11.6 Å². The molecule has 1 amide bonds. The second-order valence-electron chi connectivity index (χ2n) is 4.52. The van der Waals surface area contributed by atoms with Gasteiger partial charge in [-0.2, -0.15) is 0 Å². The molecule has 0 radical (unpaired) electrons. The molecule has 2 aromatic rings. The van der Waals surface area contributed by atoms with Gasteiger partial charge in [0.05, 0.1) is 11.8 Å². The summed E-state index contributed by atoms with van der Waals surface area (Å²) < 4.78 is 33.1. The van der Waals surface area contributed by atoms with Crippen molar-refractivity contribution >= 4 is 17.8 Å². The molecule has 1 N–H and O–H groups in total. The van der Waals surface area contributed by atoms with Crippen LogP contribution in [0.3, 0.4) is 0 Å². The van der Waals surface area contributed by atoms with E-state index in [0.29, 0.717) is 17.9 Å². The highest BCUT2D eigenvalue weighted by molar-refractivity contribution is 6.32. The first-order chi connectivity index (χ1) is 10.1. The Morgan fingerprint density at radius 3 is 2.71 bits per heavy atom. The summed E-state index contributed by atoms with van der Waals surface area (Å²) in [6, 6.07) is 2.46. The summed E-state index contributed by atoms with van der Waals surface area (Å²) in [7, 11) is 0. The van der Waals surface area contributed by atoms with E-state index in [1.165, 1.54) is 6.07 Å². The van der Waals surface area contributed by atoms with Crippen molar-refractivity contribution in [2.45, 2.75) is 19.4 Å². The van der Waals surface area contributed by atoms with Gasteiger partial charge in [-0.25, -0.2) is 8.78 Å². The molecule has 7 heteroatoms. The Bertz CT molecular complexity index is 720. The van der Waals surface area contributed by atoms with Crippen LogP contribution < -0.4 is 5.32 Å². The number of carbonyl (C=O) groups excluding carboxylic acids is 1. The van der Waals surface area contributed by atoms with Crippen molar-refractivity contribution in [1.82, 2.24) is 5.16 Å². The molecule has 1 aliphatic heterocycles. The zero-order valence-corrected chi connectivity index (χ0v) is 11.1. The highest BCUT2D eigenvalue weighted by Gasteiger charge is 2.31. The molecule has 21 heavy (non-hydrogen) atoms. The number of halogens is 2. The maximum atomic E-state index is 14.0. The summed E-state index contributed by atoms with van der Waals surface area (Å²) in [6.45, 7) is 1.82. The fourth-order valence-corrected chi connectivity index (χ4v) is 2.25. The number of nitrogens with zero attached hydrogens (tertiary/aromatic N) is 2. The minimum Gasteiger partial charge on any atom is -0.359 e. The Balaban J connectivity index is 2.21. The Hall–Kier alpha value is -2.57. The van der Waals surface area contributed by atoms with Crippen LogP contribution in [0.4, 0.5) is 14.5 Å². The molecule has 5 nitrogen and oxygen atoms in total. The highest BCUT2D eigenvalue weighted by atomic mass is 19.1. The van der Waals surface area contributed by atoms with Crippen LogP contribution in [0.5, 0.6) is 0 Å². The van der Waals surface area contributed by atoms with Gasteiger partial charge in [0.15, 0.2) is 5.76 Å². The first-order valence-electron chi connectivity index (χ1n) is 6.38. The van der Waals surface area contributed by atoms with E-state index in [9.17, 15) is 13.6 Å². The maximum absolute atomic E-state index is 14.0. The topological polar surface area (TPSA) is 67.5 Å². The van der Waals surface area contributed by atoms with E-state index in [1.54, 1.807) is 0 Å². The molecule has 0 bridgehead atoms. The normalized spacial score (nSPS) is 17.3. The van der Waals surface area contributed by atoms with Gasteiger partial charge in [0, 0.05) is 6.42 Å². The Kier molecular flexibility index (Phi) is 3.25. The number of nitrogens with one attached hydrogen (secondary N) is 1. The molecule has 1 aromatic carbocycles. The average Bonchev–Trinajstić information content (AvgIpc) is 2.77. The lowest BCUT2D eigenvalue weighted by atomic mass is 10.0. The number of aromatic nitrogens is 1. The Morgan fingerprint density at radius 1 is 1.33 bits per heavy atom. The number of aryl methyl sites for hydroxylation is 1. The Labute approximate surface area is 118 Å². The highest BCUT2D eigenvalue weighted by Crippen LogP contribution is 2.36. The summed E-state index contributed by atoms with van der Waals surface area (Å²) in [5.41, 5.74) is 0.257. The number of hydrogen-bond acceptors (Lipinski definition) is 4. The van der Waals surface area contributed by atoms with Crippen molar-refractivity contribution in [2.75, 3.05) is 5.32 Å². The van der Waals surface area contributed by atoms with Crippen LogP contribution in [0.1, 0.15) is 30.0 Å². The minimum atomic E-state index is -1.07. The van der Waals surface area contributed by atoms with Crippen molar-refractivity contribution < 1.29 is 18.1 Å². The lowest BCUT2D eigenvalue weighted by molar-refractivity contribution is -0.109. The van der Waals surface area contributed by atoms with Crippen LogP contribution >= 0.6 is 0 Å². The molecule has 0 aliphatic carbocycles. The SMILES string of the molecule is CCc1onc2c1NC(=O)C=NC2c1c(F)cccc1F. The van der Waals surface area contributed by atoms with Gasteiger partial charge >= 0.3 is 0 Å². The van der Waals surface area contributed by atoms with Gasteiger partial charge < -0.3 is 9.84 Å². The van der Waals surface area contributed by atoms with Crippen molar-refractivity contribution in [3.63, 3.8) is 0 Å². The van der Waals surface area contributed by atoms with E-state index >= 15 is 0 Å². The first kappa shape index (κ1) is 13.4. The van der Waals surface area contributed by atoms with Gasteiger partial charge in [-0.05, 0) is 12.1 Å². The number of rotatable bonds is 2. The van der Waals surface area contributed by atoms with Crippen LogP contribution in [0.25, 0.3) is 0 Å². The van der Waals surface area contributed by atoms with Crippen molar-refractivity contribution in [2.24, 2.45) is 4.99 Å². The number of benzene rings is 1. The second-order valence-corrected chi connectivity index (χ2v) is 4.52. The maximum Gasteiger partial charge on any atom is 0.266 e. The van der Waals surface area contributed by atoms with Crippen LogP contribution in [0.15, 0.2) is 27.7 Å². The standard InChI is InChI=1S/C14H11F2N3O2/c1-2-9-12-14(19-21-9)13(17-6-10(20)18-12)11-7(15)4-3-5-8(11)16/h3-6,13H,2H2,1H3,(H,18,20). The molecule has 108 valence electrons. The molecule has 1 atom stereocenters. The summed E-state index contributed by atoms with van der Waals surface area (Å²) >= 11 is 0. The fourth-order valence-electron chi connectivity index (χ4n) is 2.25. The first-order valence-corrected chi connectivity index (χ1v) is 6.38. The molecule has 3 rings (SSSR count). The van der Waals surface area contributed by atoms with Gasteiger partial charge in [0.25, 0.3) is 5.91 Å². The van der Waals surface area contributed by atoms with E-state index in [-0.39, 0.29) is 11.3 Å². The molecular weight excluding hydrogens is 280 g/mol. The lowest BCUT2D eigenvalue weighted by Crippen LogP contribution is -2.12. The largest absolute Gasteiger partial charge is 0.359 e. The van der Waals surface area contributed by atoms with Gasteiger partial charge in [0.2, 0.25) is 0 Å². The summed E-state index contributed by atoms with van der Waals surface area (Å²) in [6.07, 6.45) is 1.48. The third kappa shape index (κ3) is 2.20. The number of amides is 1. The molecule has 0 saturated carbocycles. The summed E-state index contributed by atoms with van der Waals surface area (Å²) in [4.78, 5) is 15.6. The quantitative estimate of drug-likeness (QED) is 0.924. The minimum absolute atomic E-state index is 0.193. The van der Waals surface area contributed by atoms with E-state index < -0.39 is 23.6 Å². The molecule has 1 aliphatic rings. The number of fused-ring (bicyclic) bond motifs is 1. The molecule has 2 heterocycles. The van der Waals surface area contributed by atoms with E-state index in [2.05, 4.69) is 15.5 Å². The van der Waals surface area contributed by atoms with E-state index in [4.69, 9.17) is 4.52 Å². The molecule has 1 aromatic heterocycles. The van der Waals surface area contributed by atoms with E-state index in [1.807, 2.05) is 6.92 Å². The third-order valence-electron chi connectivity index (χ3n) is 3.23. The van der Waals surface area contributed by atoms with Gasteiger partial charge in [-0.1, -0.05) is 18.1 Å². The zero-order chi connectivity index (χ0) is 15.0. The van der Waals surface area contributed by atoms with E-state index in [0.717, 1.165) is 18.3 Å². The molecular formula is C14H11F2N3O2. The van der Waals surface area contributed by atoms with Crippen molar-refractivity contribution in [3.8, 4) is 0 Å². The zero-order valence-electron chi connectivity index (χ0n) is 11.1. The molecule has 0 fully saturated rings. The summed E-state index contributed by atoms with van der Waals surface area (Å²) in [5, 5.41) is 6.40. The van der Waals surface area contributed by atoms with Crippen LogP contribution in [-0.4, -0.2) is 17.3 Å². The van der Waals surface area contributed by atoms with Crippen molar-refractivity contribution in [1.29, 1.82) is 0 Å². The predicted octanol–water partition coefficient (Wildman–Crippen LogP) is 2.63. The Morgan fingerprint density at radius 2 is 2.05 bits per heavy atom. The van der Waals surface area contributed by atoms with Crippen LogP contribution in [-0.2, 0) is 11.2 Å². The molecule has 0 spiro atoms. The van der Waals surface area contributed by atoms with Crippen molar-refractivity contribution in [3.05, 3.63) is 46.9 Å². The third-order valence-corrected chi connectivity index (χ3v) is 3.23. The second kappa shape index (κ2) is 5.08. The smallest absolute Gasteiger partial charge is 0.266 e. The molecule has 0 saturated heterocycles. The number of aliphatic imine (C=N–C) groups is 1. The summed E-state index contributed by atoms with van der Waals surface area (Å²) in [5.74, 6) is -1.56. The van der Waals surface area contributed by atoms with Gasteiger partial charge in [-0.15, -0.1) is 0 Å². The lowest BCUT2D eigenvalue weighted by Gasteiger charge is -2.11. The average molecular weight is 291 g/mol. The fraction of sp³-hybridized carbons (Fsp3) is 0.214.